The number of hydrogen-bond acceptors (Lipinski definition) is 4. The number of nitrogens with one attached hydrogen (secondary N) is 2. The van der Waals surface area contributed by atoms with Gasteiger partial charge in [-0.05, 0) is 48.7 Å². The lowest BCUT2D eigenvalue weighted by Gasteiger charge is -2.22. The van der Waals surface area contributed by atoms with Gasteiger partial charge in [0.1, 0.15) is 11.4 Å². The second kappa shape index (κ2) is 8.98. The Morgan fingerprint density at radius 3 is 2.54 bits per heavy atom. The number of nitrogens with zero attached hydrogens (tertiary/aromatic N) is 2. The standard InChI is InChI=1S/C26H23BrN4O3S/c1-18-8-5-6-13-23(18)35(33,34)30-25(32)29-26(17-22(26)19-9-3-2-4-10-19)24-28-14-15-31(24)21-12-7-11-20(27)16-21/h2-16,22H,17H2,1H3,(H2,29,30,32)/t22?,26-/m1/s1. The maximum Gasteiger partial charge on any atom is 0.329 e. The summed E-state index contributed by atoms with van der Waals surface area (Å²) >= 11 is 3.51. The van der Waals surface area contributed by atoms with Gasteiger partial charge in [0.15, 0.2) is 0 Å². The van der Waals surface area contributed by atoms with Gasteiger partial charge < -0.3 is 9.88 Å². The summed E-state index contributed by atoms with van der Waals surface area (Å²) in [7, 11) is -4.05. The average Bonchev–Trinajstić information content (AvgIpc) is 3.32. The van der Waals surface area contributed by atoms with Gasteiger partial charge in [-0.2, -0.15) is 0 Å². The number of rotatable bonds is 6. The van der Waals surface area contributed by atoms with Gasteiger partial charge in [0.2, 0.25) is 0 Å². The number of aromatic nitrogens is 2. The van der Waals surface area contributed by atoms with Crippen molar-refractivity contribution in [2.45, 2.75) is 29.7 Å². The maximum atomic E-state index is 13.1. The molecule has 1 aliphatic rings. The summed E-state index contributed by atoms with van der Waals surface area (Å²) in [5, 5.41) is 2.96. The van der Waals surface area contributed by atoms with E-state index in [0.29, 0.717) is 17.8 Å². The van der Waals surface area contributed by atoms with Crippen molar-refractivity contribution in [2.24, 2.45) is 0 Å². The summed E-state index contributed by atoms with van der Waals surface area (Å²) in [6.45, 7) is 1.69. The van der Waals surface area contributed by atoms with E-state index in [1.807, 2.05) is 65.4 Å². The maximum absolute atomic E-state index is 13.1. The zero-order valence-corrected chi connectivity index (χ0v) is 21.3. The highest BCUT2D eigenvalue weighted by molar-refractivity contribution is 9.10. The molecule has 1 saturated carbocycles. The van der Waals surface area contributed by atoms with Crippen molar-refractivity contribution in [3.05, 3.63) is 113 Å². The lowest BCUT2D eigenvalue weighted by atomic mass is 10.1. The van der Waals surface area contributed by atoms with Crippen molar-refractivity contribution in [2.75, 3.05) is 0 Å². The van der Waals surface area contributed by atoms with E-state index >= 15 is 0 Å². The van der Waals surface area contributed by atoms with Crippen LogP contribution in [-0.4, -0.2) is 24.0 Å². The molecule has 0 spiro atoms. The van der Waals surface area contributed by atoms with Crippen LogP contribution in [0.3, 0.4) is 0 Å². The number of imidazole rings is 1. The number of benzene rings is 3. The molecule has 0 saturated heterocycles. The van der Waals surface area contributed by atoms with E-state index in [-0.39, 0.29) is 10.8 Å². The van der Waals surface area contributed by atoms with E-state index in [9.17, 15) is 13.2 Å². The molecule has 2 atom stereocenters. The minimum atomic E-state index is -4.05. The zero-order chi connectivity index (χ0) is 24.6. The third kappa shape index (κ3) is 4.49. The Labute approximate surface area is 212 Å². The molecule has 4 aromatic rings. The van der Waals surface area contributed by atoms with Crippen LogP contribution in [0.2, 0.25) is 0 Å². The summed E-state index contributed by atoms with van der Waals surface area (Å²) < 4.78 is 30.9. The Morgan fingerprint density at radius 2 is 1.80 bits per heavy atom. The van der Waals surface area contributed by atoms with Gasteiger partial charge in [0.05, 0.1) is 4.90 Å². The molecular formula is C26H23BrN4O3S. The molecule has 178 valence electrons. The highest BCUT2D eigenvalue weighted by Crippen LogP contribution is 2.58. The molecule has 1 unspecified atom stereocenters. The van der Waals surface area contributed by atoms with Gasteiger partial charge >= 0.3 is 6.03 Å². The minimum absolute atomic E-state index is 0.0650. The first kappa shape index (κ1) is 23.3. The fourth-order valence-corrected chi connectivity index (χ4v) is 6.06. The van der Waals surface area contributed by atoms with Crippen LogP contribution in [0.25, 0.3) is 5.69 Å². The number of halogens is 1. The summed E-state index contributed by atoms with van der Waals surface area (Å²) in [6.07, 6.45) is 4.10. The second-order valence-electron chi connectivity index (χ2n) is 8.56. The normalized spacial score (nSPS) is 19.2. The molecule has 0 bridgehead atoms. The molecule has 5 rings (SSSR count). The molecule has 9 heteroatoms. The SMILES string of the molecule is Cc1ccccc1S(=O)(=O)NC(=O)N[C@]1(c2nccn2-c2cccc(Br)c2)CC1c1ccccc1. The second-order valence-corrected chi connectivity index (χ2v) is 11.1. The van der Waals surface area contributed by atoms with Gasteiger partial charge in [0.25, 0.3) is 10.0 Å². The zero-order valence-electron chi connectivity index (χ0n) is 18.9. The van der Waals surface area contributed by atoms with Crippen LogP contribution in [0.4, 0.5) is 4.79 Å². The summed E-state index contributed by atoms with van der Waals surface area (Å²) in [5.74, 6) is 0.566. The molecule has 1 fully saturated rings. The van der Waals surface area contributed by atoms with Crippen LogP contribution < -0.4 is 10.0 Å². The molecule has 0 radical (unpaired) electrons. The van der Waals surface area contributed by atoms with Crippen LogP contribution >= 0.6 is 15.9 Å². The van der Waals surface area contributed by atoms with Crippen LogP contribution in [0.15, 0.2) is 101 Å². The van der Waals surface area contributed by atoms with Crippen LogP contribution in [0.5, 0.6) is 0 Å². The van der Waals surface area contributed by atoms with Crippen molar-refractivity contribution in [1.29, 1.82) is 0 Å². The van der Waals surface area contributed by atoms with Crippen molar-refractivity contribution in [1.82, 2.24) is 19.6 Å². The number of sulfonamides is 1. The molecule has 1 aromatic heterocycles. The molecule has 35 heavy (non-hydrogen) atoms. The smallest absolute Gasteiger partial charge is 0.324 e. The predicted octanol–water partition coefficient (Wildman–Crippen LogP) is 5.01. The van der Waals surface area contributed by atoms with E-state index in [4.69, 9.17) is 0 Å². The lowest BCUT2D eigenvalue weighted by Crippen LogP contribution is -2.46. The highest BCUT2D eigenvalue weighted by atomic mass is 79.9. The van der Waals surface area contributed by atoms with Crippen molar-refractivity contribution in [3.8, 4) is 5.69 Å². The minimum Gasteiger partial charge on any atom is -0.324 e. The molecule has 0 aliphatic heterocycles. The fourth-order valence-electron chi connectivity index (χ4n) is 4.52. The quantitative estimate of drug-likeness (QED) is 0.352. The fraction of sp³-hybridized carbons (Fsp3) is 0.154. The van der Waals surface area contributed by atoms with Gasteiger partial charge in [-0.25, -0.2) is 22.9 Å². The first-order chi connectivity index (χ1) is 16.8. The van der Waals surface area contributed by atoms with Crippen LogP contribution in [0.1, 0.15) is 29.3 Å². The largest absolute Gasteiger partial charge is 0.329 e. The number of urea groups is 1. The van der Waals surface area contributed by atoms with Gasteiger partial charge in [-0.3, -0.25) is 0 Å². The van der Waals surface area contributed by atoms with E-state index in [0.717, 1.165) is 15.7 Å². The molecule has 7 nitrogen and oxygen atoms in total. The molecule has 1 aliphatic carbocycles. The molecule has 2 N–H and O–H groups in total. The highest BCUT2D eigenvalue weighted by Gasteiger charge is 2.60. The summed E-state index contributed by atoms with van der Waals surface area (Å²) in [5.41, 5.74) is 1.60. The van der Waals surface area contributed by atoms with Gasteiger partial charge in [-0.1, -0.05) is 70.5 Å². The molecular weight excluding hydrogens is 528 g/mol. The first-order valence-electron chi connectivity index (χ1n) is 11.1. The number of carbonyl (C=O) groups is 1. The molecule has 1 heterocycles. The topological polar surface area (TPSA) is 93.1 Å². The summed E-state index contributed by atoms with van der Waals surface area (Å²) in [6, 6.07) is 23.3. The Hall–Kier alpha value is -3.43. The third-order valence-electron chi connectivity index (χ3n) is 6.24. The molecule has 3 aromatic carbocycles. The Balaban J connectivity index is 1.50. The van der Waals surface area contributed by atoms with Crippen LogP contribution in [0, 0.1) is 6.92 Å². The Morgan fingerprint density at radius 1 is 1.06 bits per heavy atom. The summed E-state index contributed by atoms with van der Waals surface area (Å²) in [4.78, 5) is 17.8. The van der Waals surface area contributed by atoms with Crippen molar-refractivity contribution < 1.29 is 13.2 Å². The third-order valence-corrected chi connectivity index (χ3v) is 8.22. The van der Waals surface area contributed by atoms with Crippen LogP contribution in [-0.2, 0) is 15.6 Å². The Bertz CT molecular complexity index is 1500. The molecule has 2 amide bonds. The van der Waals surface area contributed by atoms with E-state index in [2.05, 4.69) is 31.0 Å². The average molecular weight is 551 g/mol. The van der Waals surface area contributed by atoms with Gasteiger partial charge in [-0.15, -0.1) is 0 Å². The number of carbonyl (C=O) groups excluding carboxylic acids is 1. The van der Waals surface area contributed by atoms with Crippen molar-refractivity contribution in [3.63, 3.8) is 0 Å². The van der Waals surface area contributed by atoms with Gasteiger partial charge in [0, 0.05) is 28.5 Å². The number of aryl methyl sites for hydroxylation is 1. The van der Waals surface area contributed by atoms with E-state index in [1.54, 1.807) is 31.3 Å². The lowest BCUT2D eigenvalue weighted by molar-refractivity contribution is 0.239. The van der Waals surface area contributed by atoms with E-state index in [1.165, 1.54) is 6.07 Å². The number of hydrogen-bond donors (Lipinski definition) is 2. The first-order valence-corrected chi connectivity index (χ1v) is 13.3. The van der Waals surface area contributed by atoms with Crippen molar-refractivity contribution >= 4 is 32.0 Å². The Kier molecular flexibility index (Phi) is 5.98. The van der Waals surface area contributed by atoms with E-state index < -0.39 is 21.6 Å². The predicted molar refractivity (Wildman–Crippen MR) is 137 cm³/mol. The monoisotopic (exact) mass is 550 g/mol. The number of amides is 2.